The summed E-state index contributed by atoms with van der Waals surface area (Å²) in [6.07, 6.45) is 0. The average Bonchev–Trinajstić information content (AvgIpc) is 2.15. The fourth-order valence-corrected chi connectivity index (χ4v) is 1.91. The van der Waals surface area contributed by atoms with Gasteiger partial charge in [0, 0.05) is 12.2 Å². The zero-order valence-electron chi connectivity index (χ0n) is 8.50. The molecule has 0 aromatic rings. The minimum Gasteiger partial charge on any atom is -0.373 e. The first kappa shape index (κ1) is 8.75. The molecular formula is C10H16N2O. The third kappa shape index (κ3) is 1.37. The standard InChI is InChI=1S/C10H16N2O/c1-7-8(2)11-9(3)12-4-5-13-6-10(7)12/h8H,4-6H2,1-3H3. The van der Waals surface area contributed by atoms with Crippen LogP contribution in [0, 0.1) is 0 Å². The Morgan fingerprint density at radius 3 is 3.00 bits per heavy atom. The van der Waals surface area contributed by atoms with Crippen LogP contribution in [0.5, 0.6) is 0 Å². The summed E-state index contributed by atoms with van der Waals surface area (Å²) in [5.74, 6) is 1.14. The Morgan fingerprint density at radius 2 is 2.23 bits per heavy atom. The Kier molecular flexibility index (Phi) is 2.12. The molecule has 0 spiro atoms. The van der Waals surface area contributed by atoms with Crippen LogP contribution in [-0.4, -0.2) is 36.5 Å². The second-order valence-corrected chi connectivity index (χ2v) is 3.69. The van der Waals surface area contributed by atoms with Gasteiger partial charge in [-0.2, -0.15) is 0 Å². The van der Waals surface area contributed by atoms with Gasteiger partial charge in [-0.05, 0) is 26.3 Å². The Labute approximate surface area is 79.1 Å². The maximum atomic E-state index is 5.45. The molecule has 0 amide bonds. The lowest BCUT2D eigenvalue weighted by Crippen LogP contribution is -2.42. The maximum absolute atomic E-state index is 5.45. The lowest BCUT2D eigenvalue weighted by Gasteiger charge is -2.37. The van der Waals surface area contributed by atoms with E-state index >= 15 is 0 Å². The molecule has 1 unspecified atom stereocenters. The molecule has 1 fully saturated rings. The fourth-order valence-electron chi connectivity index (χ4n) is 1.91. The Hall–Kier alpha value is -0.830. The average molecular weight is 180 g/mol. The summed E-state index contributed by atoms with van der Waals surface area (Å²) < 4.78 is 5.45. The van der Waals surface area contributed by atoms with Crippen molar-refractivity contribution in [3.8, 4) is 0 Å². The van der Waals surface area contributed by atoms with E-state index in [2.05, 4.69) is 30.7 Å². The molecule has 1 saturated heterocycles. The van der Waals surface area contributed by atoms with Gasteiger partial charge >= 0.3 is 0 Å². The van der Waals surface area contributed by atoms with Gasteiger partial charge in [0.05, 0.1) is 19.3 Å². The topological polar surface area (TPSA) is 24.8 Å². The molecule has 0 aliphatic carbocycles. The molecule has 0 bridgehead atoms. The van der Waals surface area contributed by atoms with E-state index in [1.54, 1.807) is 0 Å². The summed E-state index contributed by atoms with van der Waals surface area (Å²) in [4.78, 5) is 6.85. The van der Waals surface area contributed by atoms with Crippen molar-refractivity contribution in [2.75, 3.05) is 19.8 Å². The van der Waals surface area contributed by atoms with Gasteiger partial charge in [0.1, 0.15) is 5.84 Å². The van der Waals surface area contributed by atoms with E-state index in [0.717, 1.165) is 25.6 Å². The second-order valence-electron chi connectivity index (χ2n) is 3.69. The van der Waals surface area contributed by atoms with E-state index in [1.807, 2.05) is 0 Å². The molecule has 0 radical (unpaired) electrons. The number of hydrogen-bond acceptors (Lipinski definition) is 3. The highest BCUT2D eigenvalue weighted by Crippen LogP contribution is 2.24. The van der Waals surface area contributed by atoms with Crippen LogP contribution in [0.3, 0.4) is 0 Å². The van der Waals surface area contributed by atoms with Gasteiger partial charge in [-0.1, -0.05) is 0 Å². The van der Waals surface area contributed by atoms with Crippen LogP contribution in [0.4, 0.5) is 0 Å². The Morgan fingerprint density at radius 1 is 1.46 bits per heavy atom. The van der Waals surface area contributed by atoms with Crippen LogP contribution in [0.15, 0.2) is 16.3 Å². The monoisotopic (exact) mass is 180 g/mol. The minimum atomic E-state index is 0.327. The molecule has 1 atom stereocenters. The van der Waals surface area contributed by atoms with Crippen LogP contribution in [0.2, 0.25) is 0 Å². The minimum absolute atomic E-state index is 0.327. The SMILES string of the molecule is CC1=NC(C)C(C)=C2COCCN12. The summed E-state index contributed by atoms with van der Waals surface area (Å²) in [7, 11) is 0. The number of morpholine rings is 1. The summed E-state index contributed by atoms with van der Waals surface area (Å²) in [6.45, 7) is 8.89. The summed E-state index contributed by atoms with van der Waals surface area (Å²) in [5.41, 5.74) is 2.68. The van der Waals surface area contributed by atoms with Crippen molar-refractivity contribution in [1.29, 1.82) is 0 Å². The molecule has 0 aromatic carbocycles. The third-order valence-electron chi connectivity index (χ3n) is 2.88. The van der Waals surface area contributed by atoms with Gasteiger partial charge in [-0.3, -0.25) is 4.99 Å². The normalized spacial score (nSPS) is 28.7. The zero-order chi connectivity index (χ0) is 9.42. The van der Waals surface area contributed by atoms with Crippen molar-refractivity contribution in [2.24, 2.45) is 4.99 Å². The van der Waals surface area contributed by atoms with E-state index in [-0.39, 0.29) is 0 Å². The number of nitrogens with zero attached hydrogens (tertiary/aromatic N) is 2. The van der Waals surface area contributed by atoms with Crippen molar-refractivity contribution in [2.45, 2.75) is 26.8 Å². The van der Waals surface area contributed by atoms with Crippen molar-refractivity contribution in [1.82, 2.24) is 4.90 Å². The third-order valence-corrected chi connectivity index (χ3v) is 2.88. The van der Waals surface area contributed by atoms with Crippen molar-refractivity contribution in [3.05, 3.63) is 11.3 Å². The number of amidine groups is 1. The predicted octanol–water partition coefficient (Wildman–Crippen LogP) is 1.41. The largest absolute Gasteiger partial charge is 0.373 e. The molecule has 2 heterocycles. The van der Waals surface area contributed by atoms with Crippen LogP contribution in [-0.2, 0) is 4.74 Å². The molecule has 2 aliphatic heterocycles. The van der Waals surface area contributed by atoms with Crippen molar-refractivity contribution in [3.63, 3.8) is 0 Å². The summed E-state index contributed by atoms with van der Waals surface area (Å²) in [6, 6.07) is 0.327. The van der Waals surface area contributed by atoms with E-state index in [9.17, 15) is 0 Å². The quantitative estimate of drug-likeness (QED) is 0.563. The molecule has 2 aliphatic rings. The number of hydrogen-bond donors (Lipinski definition) is 0. The van der Waals surface area contributed by atoms with Crippen LogP contribution < -0.4 is 0 Å². The number of rotatable bonds is 0. The van der Waals surface area contributed by atoms with Crippen LogP contribution in [0.25, 0.3) is 0 Å². The maximum Gasteiger partial charge on any atom is 0.101 e. The van der Waals surface area contributed by atoms with Gasteiger partial charge in [0.2, 0.25) is 0 Å². The molecule has 0 N–H and O–H groups in total. The van der Waals surface area contributed by atoms with E-state index in [4.69, 9.17) is 4.74 Å². The molecule has 3 heteroatoms. The highest BCUT2D eigenvalue weighted by atomic mass is 16.5. The molecular weight excluding hydrogens is 164 g/mol. The first-order valence-corrected chi connectivity index (χ1v) is 4.79. The predicted molar refractivity (Wildman–Crippen MR) is 52.8 cm³/mol. The lowest BCUT2D eigenvalue weighted by molar-refractivity contribution is 0.0954. The lowest BCUT2D eigenvalue weighted by atomic mass is 10.1. The molecule has 3 nitrogen and oxygen atoms in total. The highest BCUT2D eigenvalue weighted by Gasteiger charge is 2.25. The van der Waals surface area contributed by atoms with Crippen molar-refractivity contribution >= 4 is 5.84 Å². The van der Waals surface area contributed by atoms with Crippen LogP contribution in [0.1, 0.15) is 20.8 Å². The molecule has 13 heavy (non-hydrogen) atoms. The van der Waals surface area contributed by atoms with Crippen molar-refractivity contribution < 1.29 is 4.74 Å². The van der Waals surface area contributed by atoms with E-state index in [1.165, 1.54) is 11.3 Å². The summed E-state index contributed by atoms with van der Waals surface area (Å²) in [5, 5.41) is 0. The highest BCUT2D eigenvalue weighted by molar-refractivity contribution is 5.83. The van der Waals surface area contributed by atoms with Gasteiger partial charge in [0.15, 0.2) is 0 Å². The van der Waals surface area contributed by atoms with Gasteiger partial charge in [-0.15, -0.1) is 0 Å². The van der Waals surface area contributed by atoms with Gasteiger partial charge in [0.25, 0.3) is 0 Å². The molecule has 2 rings (SSSR count). The fraction of sp³-hybridized carbons (Fsp3) is 0.700. The van der Waals surface area contributed by atoms with E-state index < -0.39 is 0 Å². The summed E-state index contributed by atoms with van der Waals surface area (Å²) >= 11 is 0. The molecule has 0 aromatic heterocycles. The number of ether oxygens (including phenoxy) is 1. The van der Waals surface area contributed by atoms with Gasteiger partial charge < -0.3 is 9.64 Å². The molecule has 72 valence electrons. The number of fused-ring (bicyclic) bond motifs is 1. The van der Waals surface area contributed by atoms with Crippen LogP contribution >= 0.6 is 0 Å². The second kappa shape index (κ2) is 3.14. The smallest absolute Gasteiger partial charge is 0.101 e. The van der Waals surface area contributed by atoms with Gasteiger partial charge in [-0.25, -0.2) is 0 Å². The Balaban J connectivity index is 2.33. The first-order chi connectivity index (χ1) is 6.20. The first-order valence-electron chi connectivity index (χ1n) is 4.79. The Bertz CT molecular complexity index is 281. The molecule has 0 saturated carbocycles. The number of aliphatic imine (C=N–C) groups is 1. The van der Waals surface area contributed by atoms with E-state index in [0.29, 0.717) is 6.04 Å². The zero-order valence-corrected chi connectivity index (χ0v) is 8.50.